The summed E-state index contributed by atoms with van der Waals surface area (Å²) in [6.45, 7) is 2.89. The van der Waals surface area contributed by atoms with Gasteiger partial charge in [-0.25, -0.2) is 4.68 Å². The van der Waals surface area contributed by atoms with E-state index in [0.717, 1.165) is 12.8 Å². The lowest BCUT2D eigenvalue weighted by Gasteiger charge is -2.51. The molecular formula is C22H28ClN7O2. The topological polar surface area (TPSA) is 123 Å². The van der Waals surface area contributed by atoms with Crippen LogP contribution in [-0.2, 0) is 4.79 Å². The standard InChI is InChI=1S/C22H28ClN7O2/c1-12-20(26-27-30(12)19-7-4-14(8-17(19)23)13-2-3-13)22(32)29-11-15-5-6-16(29)10-28(15)21(31)18(25)9-24/h4,7-8,13,15-16,18H,2-3,5-6,9-11,24-25H2,1H3/t15?,16?,18-/m1/s1. The minimum atomic E-state index is -0.698. The summed E-state index contributed by atoms with van der Waals surface area (Å²) in [6.07, 6.45) is 4.11. The molecule has 0 radical (unpaired) electrons. The van der Waals surface area contributed by atoms with Crippen LogP contribution in [0.5, 0.6) is 0 Å². The van der Waals surface area contributed by atoms with Crippen molar-refractivity contribution >= 4 is 23.4 Å². The molecule has 3 saturated heterocycles. The second kappa shape index (κ2) is 8.13. The third-order valence-corrected chi connectivity index (χ3v) is 7.29. The number of hydrogen-bond donors (Lipinski definition) is 2. The molecule has 2 bridgehead atoms. The number of fused-ring (bicyclic) bond motifs is 3. The Hall–Kier alpha value is -2.49. The van der Waals surface area contributed by atoms with E-state index >= 15 is 0 Å². The van der Waals surface area contributed by atoms with Crippen molar-refractivity contribution in [2.75, 3.05) is 19.6 Å². The zero-order chi connectivity index (χ0) is 22.6. The third-order valence-electron chi connectivity index (χ3n) is 6.99. The lowest BCUT2D eigenvalue weighted by molar-refractivity contribution is -0.141. The van der Waals surface area contributed by atoms with E-state index in [2.05, 4.69) is 16.4 Å². The van der Waals surface area contributed by atoms with Crippen molar-refractivity contribution in [1.82, 2.24) is 24.8 Å². The highest BCUT2D eigenvalue weighted by Crippen LogP contribution is 2.41. The number of halogens is 1. The lowest BCUT2D eigenvalue weighted by atomic mass is 9.89. The smallest absolute Gasteiger partial charge is 0.276 e. The number of carbonyl (C=O) groups is 2. The van der Waals surface area contributed by atoms with Crippen molar-refractivity contribution in [3.63, 3.8) is 0 Å². The summed E-state index contributed by atoms with van der Waals surface area (Å²) < 4.78 is 1.63. The molecule has 3 atom stereocenters. The predicted molar refractivity (Wildman–Crippen MR) is 120 cm³/mol. The molecule has 2 amide bonds. The highest BCUT2D eigenvalue weighted by Gasteiger charge is 2.44. The zero-order valence-corrected chi connectivity index (χ0v) is 18.8. The molecule has 2 unspecified atom stereocenters. The number of piperazine rings is 1. The van der Waals surface area contributed by atoms with Gasteiger partial charge in [-0.15, -0.1) is 5.10 Å². The van der Waals surface area contributed by atoms with Crippen LogP contribution in [0.25, 0.3) is 5.69 Å². The number of hydrogen-bond acceptors (Lipinski definition) is 6. The molecule has 4 fully saturated rings. The minimum Gasteiger partial charge on any atom is -0.334 e. The van der Waals surface area contributed by atoms with Gasteiger partial charge >= 0.3 is 0 Å². The van der Waals surface area contributed by atoms with Gasteiger partial charge in [-0.1, -0.05) is 22.9 Å². The number of nitrogens with zero attached hydrogens (tertiary/aromatic N) is 5. The molecule has 3 aliphatic heterocycles. The largest absolute Gasteiger partial charge is 0.334 e. The maximum absolute atomic E-state index is 13.4. The molecule has 10 heteroatoms. The quantitative estimate of drug-likeness (QED) is 0.695. The molecule has 9 nitrogen and oxygen atoms in total. The number of nitrogens with two attached hydrogens (primary N) is 2. The summed E-state index contributed by atoms with van der Waals surface area (Å²) in [5.74, 6) is 0.306. The average molecular weight is 458 g/mol. The molecule has 1 saturated carbocycles. The third kappa shape index (κ3) is 3.58. The van der Waals surface area contributed by atoms with Crippen LogP contribution in [0.15, 0.2) is 18.2 Å². The zero-order valence-electron chi connectivity index (χ0n) is 18.1. The molecule has 1 aromatic carbocycles. The molecule has 4 heterocycles. The molecule has 1 aromatic heterocycles. The molecule has 0 spiro atoms. The number of aromatic nitrogens is 3. The fourth-order valence-corrected chi connectivity index (χ4v) is 5.19. The number of piperidine rings is 2. The van der Waals surface area contributed by atoms with Gasteiger partial charge in [0.05, 0.1) is 22.4 Å². The first-order valence-electron chi connectivity index (χ1n) is 11.2. The number of benzene rings is 1. The summed E-state index contributed by atoms with van der Waals surface area (Å²) in [5.41, 5.74) is 14.3. The number of rotatable bonds is 5. The average Bonchev–Trinajstić information content (AvgIpc) is 3.60. The molecule has 6 rings (SSSR count). The molecule has 4 N–H and O–H groups in total. The van der Waals surface area contributed by atoms with Crippen LogP contribution in [-0.4, -0.2) is 74.4 Å². The van der Waals surface area contributed by atoms with Gasteiger partial charge in [0.25, 0.3) is 5.91 Å². The number of amides is 2. The van der Waals surface area contributed by atoms with E-state index in [0.29, 0.717) is 41.1 Å². The molecule has 2 aromatic rings. The Morgan fingerprint density at radius 1 is 1.16 bits per heavy atom. The first-order chi connectivity index (χ1) is 15.4. The molecule has 170 valence electrons. The Labute approximate surface area is 191 Å². The van der Waals surface area contributed by atoms with E-state index in [-0.39, 0.29) is 30.4 Å². The lowest BCUT2D eigenvalue weighted by Crippen LogP contribution is -2.67. The highest BCUT2D eigenvalue weighted by molar-refractivity contribution is 6.32. The van der Waals surface area contributed by atoms with E-state index in [1.807, 2.05) is 24.0 Å². The fourth-order valence-electron chi connectivity index (χ4n) is 4.92. The van der Waals surface area contributed by atoms with Crippen molar-refractivity contribution in [2.45, 2.75) is 56.7 Å². The van der Waals surface area contributed by atoms with Gasteiger partial charge < -0.3 is 21.3 Å². The first kappa shape index (κ1) is 21.4. The Kier molecular flexibility index (Phi) is 5.43. The molecule has 1 aliphatic carbocycles. The minimum absolute atomic E-state index is 0.0474. The first-order valence-corrected chi connectivity index (χ1v) is 11.6. The van der Waals surface area contributed by atoms with Crippen LogP contribution >= 0.6 is 11.6 Å². The van der Waals surface area contributed by atoms with Crippen molar-refractivity contribution in [3.05, 3.63) is 40.2 Å². The van der Waals surface area contributed by atoms with Gasteiger partial charge in [-0.05, 0) is 56.2 Å². The summed E-state index contributed by atoms with van der Waals surface area (Å²) in [7, 11) is 0. The molecule has 4 aliphatic rings. The Balaban J connectivity index is 1.35. The van der Waals surface area contributed by atoms with E-state index < -0.39 is 6.04 Å². The normalized spacial score (nSPS) is 23.5. The van der Waals surface area contributed by atoms with Crippen LogP contribution in [0.3, 0.4) is 0 Å². The van der Waals surface area contributed by atoms with Crippen LogP contribution in [0, 0.1) is 6.92 Å². The maximum atomic E-state index is 13.4. The number of carbonyl (C=O) groups excluding carboxylic acids is 2. The van der Waals surface area contributed by atoms with Crippen molar-refractivity contribution < 1.29 is 9.59 Å². The van der Waals surface area contributed by atoms with Crippen molar-refractivity contribution in [1.29, 1.82) is 0 Å². The Bertz CT molecular complexity index is 1070. The van der Waals surface area contributed by atoms with Crippen LogP contribution in [0.2, 0.25) is 5.02 Å². The van der Waals surface area contributed by atoms with E-state index in [9.17, 15) is 9.59 Å². The Morgan fingerprint density at radius 3 is 2.44 bits per heavy atom. The predicted octanol–water partition coefficient (Wildman–Crippen LogP) is 1.21. The summed E-state index contributed by atoms with van der Waals surface area (Å²) in [4.78, 5) is 29.6. The van der Waals surface area contributed by atoms with E-state index in [4.69, 9.17) is 23.1 Å². The van der Waals surface area contributed by atoms with Crippen molar-refractivity contribution in [3.8, 4) is 5.69 Å². The van der Waals surface area contributed by atoms with Crippen LogP contribution in [0.1, 0.15) is 53.3 Å². The van der Waals surface area contributed by atoms with Gasteiger partial charge in [0, 0.05) is 31.7 Å². The van der Waals surface area contributed by atoms with E-state index in [1.54, 1.807) is 9.58 Å². The van der Waals surface area contributed by atoms with E-state index in [1.165, 1.54) is 18.4 Å². The molecular weight excluding hydrogens is 430 g/mol. The summed E-state index contributed by atoms with van der Waals surface area (Å²) >= 11 is 6.54. The molecule has 32 heavy (non-hydrogen) atoms. The Morgan fingerprint density at radius 2 is 1.84 bits per heavy atom. The van der Waals surface area contributed by atoms with Crippen LogP contribution in [0.4, 0.5) is 0 Å². The van der Waals surface area contributed by atoms with Gasteiger partial charge in [-0.3, -0.25) is 9.59 Å². The summed E-state index contributed by atoms with van der Waals surface area (Å²) in [5, 5.41) is 9.04. The highest BCUT2D eigenvalue weighted by atomic mass is 35.5. The van der Waals surface area contributed by atoms with Crippen LogP contribution < -0.4 is 11.5 Å². The SMILES string of the molecule is Cc1c(C(=O)N2CC3CCC2CN3C(=O)[C@H](N)CN)nnn1-c1ccc(C2CC2)cc1Cl. The van der Waals surface area contributed by atoms with Gasteiger partial charge in [0.15, 0.2) is 5.69 Å². The van der Waals surface area contributed by atoms with Gasteiger partial charge in [0.1, 0.15) is 0 Å². The second-order valence-electron chi connectivity index (χ2n) is 9.10. The second-order valence-corrected chi connectivity index (χ2v) is 9.50. The van der Waals surface area contributed by atoms with Gasteiger partial charge in [0.2, 0.25) is 5.91 Å². The van der Waals surface area contributed by atoms with Crippen molar-refractivity contribution in [2.24, 2.45) is 11.5 Å². The fraction of sp³-hybridized carbons (Fsp3) is 0.545. The summed E-state index contributed by atoms with van der Waals surface area (Å²) in [6, 6.07) is 5.19. The maximum Gasteiger partial charge on any atom is 0.276 e. The monoisotopic (exact) mass is 457 g/mol. The van der Waals surface area contributed by atoms with Gasteiger partial charge in [-0.2, -0.15) is 0 Å².